The summed E-state index contributed by atoms with van der Waals surface area (Å²) in [5, 5.41) is 3.89. The van der Waals surface area contributed by atoms with Gasteiger partial charge in [-0.2, -0.15) is 4.98 Å². The quantitative estimate of drug-likeness (QED) is 0.793. The third-order valence-corrected chi connectivity index (χ3v) is 2.95. The fraction of sp³-hybridized carbons (Fsp3) is 0.0667. The van der Waals surface area contributed by atoms with Gasteiger partial charge in [0.15, 0.2) is 0 Å². The molecule has 1 heterocycles. The number of hydrogen-bond acceptors (Lipinski definition) is 4. The van der Waals surface area contributed by atoms with Gasteiger partial charge in [-0.3, -0.25) is 0 Å². The first-order chi connectivity index (χ1) is 9.78. The third-order valence-electron chi connectivity index (χ3n) is 2.95. The van der Waals surface area contributed by atoms with Crippen molar-refractivity contribution in [1.29, 1.82) is 0 Å². The van der Waals surface area contributed by atoms with Gasteiger partial charge in [-0.05, 0) is 23.8 Å². The first-order valence-electron chi connectivity index (χ1n) is 6.16. The molecule has 5 heteroatoms. The minimum Gasteiger partial charge on any atom is -0.334 e. The van der Waals surface area contributed by atoms with Crippen molar-refractivity contribution in [2.75, 3.05) is 0 Å². The monoisotopic (exact) mass is 269 g/mol. The molecule has 0 aliphatic carbocycles. The van der Waals surface area contributed by atoms with Gasteiger partial charge in [-0.15, -0.1) is 0 Å². The summed E-state index contributed by atoms with van der Waals surface area (Å²) in [5.74, 6) is 0.188. The molecule has 0 aliphatic heterocycles. The van der Waals surface area contributed by atoms with E-state index in [1.165, 1.54) is 6.07 Å². The Morgan fingerprint density at radius 2 is 1.95 bits per heavy atom. The van der Waals surface area contributed by atoms with Crippen LogP contribution in [0.25, 0.3) is 22.8 Å². The zero-order chi connectivity index (χ0) is 13.9. The lowest BCUT2D eigenvalue weighted by atomic mass is 10.1. The lowest BCUT2D eigenvalue weighted by molar-refractivity contribution is 0.429. The smallest absolute Gasteiger partial charge is 0.261 e. The molecule has 0 saturated heterocycles. The zero-order valence-corrected chi connectivity index (χ0v) is 10.6. The maximum absolute atomic E-state index is 13.7. The predicted octanol–water partition coefficient (Wildman–Crippen LogP) is 3.00. The normalized spacial score (nSPS) is 10.7. The third kappa shape index (κ3) is 2.31. The van der Waals surface area contributed by atoms with Crippen molar-refractivity contribution in [2.45, 2.75) is 6.54 Å². The molecule has 0 radical (unpaired) electrons. The summed E-state index contributed by atoms with van der Waals surface area (Å²) in [4.78, 5) is 4.23. The average Bonchev–Trinajstić information content (AvgIpc) is 2.97. The number of rotatable bonds is 3. The predicted molar refractivity (Wildman–Crippen MR) is 73.0 cm³/mol. The number of benzene rings is 2. The molecule has 4 nitrogen and oxygen atoms in total. The molecule has 0 fully saturated rings. The zero-order valence-electron chi connectivity index (χ0n) is 10.6. The van der Waals surface area contributed by atoms with Crippen molar-refractivity contribution < 1.29 is 8.91 Å². The Bertz CT molecular complexity index is 739. The van der Waals surface area contributed by atoms with Crippen molar-refractivity contribution in [3.05, 3.63) is 59.9 Å². The number of nitrogens with two attached hydrogens (primary N) is 1. The van der Waals surface area contributed by atoms with Crippen LogP contribution in [0.5, 0.6) is 0 Å². The Hall–Kier alpha value is -2.53. The van der Waals surface area contributed by atoms with E-state index in [1.807, 2.05) is 24.3 Å². The van der Waals surface area contributed by atoms with Crippen LogP contribution in [-0.2, 0) is 6.54 Å². The number of halogens is 1. The van der Waals surface area contributed by atoms with E-state index >= 15 is 0 Å². The summed E-state index contributed by atoms with van der Waals surface area (Å²) in [6, 6.07) is 13.8. The van der Waals surface area contributed by atoms with E-state index in [1.54, 1.807) is 18.2 Å². The molecule has 3 rings (SSSR count). The largest absolute Gasteiger partial charge is 0.334 e. The highest BCUT2D eigenvalue weighted by molar-refractivity contribution is 5.60. The van der Waals surface area contributed by atoms with Crippen molar-refractivity contribution in [1.82, 2.24) is 10.1 Å². The van der Waals surface area contributed by atoms with Crippen LogP contribution in [0.15, 0.2) is 53.1 Å². The van der Waals surface area contributed by atoms with Gasteiger partial charge < -0.3 is 10.3 Å². The summed E-state index contributed by atoms with van der Waals surface area (Å²) in [7, 11) is 0. The molecule has 2 N–H and O–H groups in total. The molecule has 2 aromatic carbocycles. The average molecular weight is 269 g/mol. The van der Waals surface area contributed by atoms with Crippen LogP contribution in [0, 0.1) is 5.82 Å². The van der Waals surface area contributed by atoms with Crippen LogP contribution in [0.3, 0.4) is 0 Å². The second kappa shape index (κ2) is 5.22. The van der Waals surface area contributed by atoms with E-state index in [9.17, 15) is 4.39 Å². The lowest BCUT2D eigenvalue weighted by Gasteiger charge is -1.98. The van der Waals surface area contributed by atoms with Gasteiger partial charge in [0.25, 0.3) is 5.89 Å². The van der Waals surface area contributed by atoms with Gasteiger partial charge in [0.2, 0.25) is 5.82 Å². The van der Waals surface area contributed by atoms with Crippen molar-refractivity contribution in [2.24, 2.45) is 5.73 Å². The molecule has 0 spiro atoms. The highest BCUT2D eigenvalue weighted by atomic mass is 19.1. The Labute approximate surface area is 115 Å². The molecule has 1 aromatic heterocycles. The molecule has 0 bridgehead atoms. The van der Waals surface area contributed by atoms with Crippen molar-refractivity contribution in [3.63, 3.8) is 0 Å². The fourth-order valence-electron chi connectivity index (χ4n) is 1.92. The molecule has 3 aromatic rings. The first kappa shape index (κ1) is 12.5. The second-order valence-corrected chi connectivity index (χ2v) is 4.31. The Morgan fingerprint density at radius 1 is 1.10 bits per heavy atom. The standard InChI is InChI=1S/C15H12FN3O/c16-13-7-2-1-6-12(13)15-18-14(19-20-15)11-5-3-4-10(8-11)9-17/h1-8H,9,17H2. The van der Waals surface area contributed by atoms with E-state index in [4.69, 9.17) is 10.3 Å². The summed E-state index contributed by atoms with van der Waals surface area (Å²) in [6.07, 6.45) is 0. The van der Waals surface area contributed by atoms with Gasteiger partial charge in [-0.25, -0.2) is 4.39 Å². The summed E-state index contributed by atoms with van der Waals surface area (Å²) >= 11 is 0. The Balaban J connectivity index is 2.00. The van der Waals surface area contributed by atoms with Crippen LogP contribution >= 0.6 is 0 Å². The molecule has 20 heavy (non-hydrogen) atoms. The number of aromatic nitrogens is 2. The molecular weight excluding hydrogens is 257 g/mol. The topological polar surface area (TPSA) is 64.9 Å². The van der Waals surface area contributed by atoms with Gasteiger partial charge in [0.05, 0.1) is 5.56 Å². The van der Waals surface area contributed by atoms with Crippen LogP contribution in [0.2, 0.25) is 0 Å². The van der Waals surface area contributed by atoms with Crippen molar-refractivity contribution >= 4 is 0 Å². The highest BCUT2D eigenvalue weighted by Crippen LogP contribution is 2.24. The van der Waals surface area contributed by atoms with E-state index in [0.29, 0.717) is 17.9 Å². The van der Waals surface area contributed by atoms with Gasteiger partial charge in [0, 0.05) is 12.1 Å². The summed E-state index contributed by atoms with van der Waals surface area (Å²) < 4.78 is 18.8. The molecule has 0 amide bonds. The van der Waals surface area contributed by atoms with Gasteiger partial charge >= 0.3 is 0 Å². The Morgan fingerprint density at radius 3 is 2.75 bits per heavy atom. The molecule has 0 unspecified atom stereocenters. The molecule has 100 valence electrons. The van der Waals surface area contributed by atoms with Gasteiger partial charge in [0.1, 0.15) is 5.82 Å². The van der Waals surface area contributed by atoms with Crippen LogP contribution < -0.4 is 5.73 Å². The lowest BCUT2D eigenvalue weighted by Crippen LogP contribution is -1.96. The maximum Gasteiger partial charge on any atom is 0.261 e. The molecule has 0 atom stereocenters. The number of nitrogens with zero attached hydrogens (tertiary/aromatic N) is 2. The maximum atomic E-state index is 13.7. The van der Waals surface area contributed by atoms with Crippen LogP contribution in [0.4, 0.5) is 4.39 Å². The minimum absolute atomic E-state index is 0.163. The van der Waals surface area contributed by atoms with E-state index in [-0.39, 0.29) is 5.89 Å². The Kier molecular flexibility index (Phi) is 3.26. The van der Waals surface area contributed by atoms with Crippen LogP contribution in [-0.4, -0.2) is 10.1 Å². The second-order valence-electron chi connectivity index (χ2n) is 4.31. The van der Waals surface area contributed by atoms with E-state index in [0.717, 1.165) is 11.1 Å². The van der Waals surface area contributed by atoms with E-state index in [2.05, 4.69) is 10.1 Å². The highest BCUT2D eigenvalue weighted by Gasteiger charge is 2.13. The molecular formula is C15H12FN3O. The first-order valence-corrected chi connectivity index (χ1v) is 6.16. The van der Waals surface area contributed by atoms with Crippen molar-refractivity contribution in [3.8, 4) is 22.8 Å². The SMILES string of the molecule is NCc1cccc(-c2noc(-c3ccccc3F)n2)c1. The summed E-state index contributed by atoms with van der Waals surface area (Å²) in [5.41, 5.74) is 7.65. The van der Waals surface area contributed by atoms with Gasteiger partial charge in [-0.1, -0.05) is 35.5 Å². The molecule has 0 saturated carbocycles. The van der Waals surface area contributed by atoms with E-state index < -0.39 is 5.82 Å². The number of hydrogen-bond donors (Lipinski definition) is 1. The molecule has 0 aliphatic rings. The summed E-state index contributed by atoms with van der Waals surface area (Å²) in [6.45, 7) is 0.436. The minimum atomic E-state index is -0.390. The fourth-order valence-corrected chi connectivity index (χ4v) is 1.92. The van der Waals surface area contributed by atoms with Crippen LogP contribution in [0.1, 0.15) is 5.56 Å².